The number of sulfonamides is 1. The lowest BCUT2D eigenvalue weighted by molar-refractivity contribution is 0.580. The molecule has 1 aromatic heterocycles. The molecule has 0 spiro atoms. The number of nitrogens with one attached hydrogen (secondary N) is 1. The third-order valence-electron chi connectivity index (χ3n) is 3.77. The fourth-order valence-electron chi connectivity index (χ4n) is 2.41. The maximum absolute atomic E-state index is 12.2. The number of nitrogens with zero attached hydrogens (tertiary/aromatic N) is 1. The molecule has 0 radical (unpaired) electrons. The van der Waals surface area contributed by atoms with Crippen molar-refractivity contribution in [2.24, 2.45) is 0 Å². The molecule has 1 N–H and O–H groups in total. The van der Waals surface area contributed by atoms with Crippen molar-refractivity contribution in [3.8, 4) is 0 Å². The topological polar surface area (TPSA) is 59.1 Å². The van der Waals surface area contributed by atoms with Gasteiger partial charge in [0, 0.05) is 29.3 Å². The second-order valence-corrected chi connectivity index (χ2v) is 7.94. The fraction of sp³-hybridized carbons (Fsp3) is 0.167. The molecular formula is C18H17ClN2O2S. The number of fused-ring (bicyclic) bond motifs is 1. The standard InChI is InChI=1S/C18H17ClN2O2S/c19-18-5-2-14(3-6-18)8-10-24(22,23)21-12-15-1-4-17-13-20-9-7-16(17)11-15/h1-7,9,11,13,21H,8,10,12H2. The summed E-state index contributed by atoms with van der Waals surface area (Å²) in [7, 11) is -3.34. The Morgan fingerprint density at radius 1 is 0.958 bits per heavy atom. The number of rotatable bonds is 6. The van der Waals surface area contributed by atoms with E-state index in [4.69, 9.17) is 11.6 Å². The average molecular weight is 361 g/mol. The van der Waals surface area contributed by atoms with Crippen LogP contribution >= 0.6 is 11.6 Å². The molecular weight excluding hydrogens is 344 g/mol. The van der Waals surface area contributed by atoms with Crippen LogP contribution in [0.3, 0.4) is 0 Å². The van der Waals surface area contributed by atoms with Crippen molar-refractivity contribution in [1.82, 2.24) is 9.71 Å². The lowest BCUT2D eigenvalue weighted by Gasteiger charge is -2.08. The smallest absolute Gasteiger partial charge is 0.212 e. The van der Waals surface area contributed by atoms with Crippen LogP contribution in [0, 0.1) is 0 Å². The van der Waals surface area contributed by atoms with E-state index in [-0.39, 0.29) is 12.3 Å². The Morgan fingerprint density at radius 3 is 2.50 bits per heavy atom. The molecule has 6 heteroatoms. The summed E-state index contributed by atoms with van der Waals surface area (Å²) in [5, 5.41) is 2.72. The molecule has 2 aromatic carbocycles. The molecule has 1 heterocycles. The summed E-state index contributed by atoms with van der Waals surface area (Å²) >= 11 is 5.83. The van der Waals surface area contributed by atoms with Gasteiger partial charge in [-0.05, 0) is 47.2 Å². The monoisotopic (exact) mass is 360 g/mol. The second kappa shape index (κ2) is 7.30. The van der Waals surface area contributed by atoms with E-state index in [1.165, 1.54) is 0 Å². The second-order valence-electron chi connectivity index (χ2n) is 5.57. The van der Waals surface area contributed by atoms with Crippen LogP contribution in [0.1, 0.15) is 11.1 Å². The zero-order valence-corrected chi connectivity index (χ0v) is 14.5. The minimum atomic E-state index is -3.34. The molecule has 0 fully saturated rings. The van der Waals surface area contributed by atoms with E-state index in [0.29, 0.717) is 11.4 Å². The highest BCUT2D eigenvalue weighted by molar-refractivity contribution is 7.89. The highest BCUT2D eigenvalue weighted by atomic mass is 35.5. The third kappa shape index (κ3) is 4.54. The van der Waals surface area contributed by atoms with E-state index >= 15 is 0 Å². The van der Waals surface area contributed by atoms with E-state index in [1.54, 1.807) is 24.5 Å². The van der Waals surface area contributed by atoms with Crippen molar-refractivity contribution in [3.05, 3.63) is 77.1 Å². The van der Waals surface area contributed by atoms with Gasteiger partial charge in [0.25, 0.3) is 0 Å². The summed E-state index contributed by atoms with van der Waals surface area (Å²) in [6, 6.07) is 14.9. The highest BCUT2D eigenvalue weighted by Crippen LogP contribution is 2.15. The Hall–Kier alpha value is -1.95. The first-order valence-corrected chi connectivity index (χ1v) is 9.59. The van der Waals surface area contributed by atoms with Crippen molar-refractivity contribution >= 4 is 32.4 Å². The molecule has 3 rings (SSSR count). The lowest BCUT2D eigenvalue weighted by atomic mass is 10.1. The number of hydrogen-bond donors (Lipinski definition) is 1. The Labute approximate surface area is 146 Å². The van der Waals surface area contributed by atoms with Gasteiger partial charge < -0.3 is 0 Å². The lowest BCUT2D eigenvalue weighted by Crippen LogP contribution is -2.26. The van der Waals surface area contributed by atoms with Gasteiger partial charge in [0.1, 0.15) is 0 Å². The molecule has 0 saturated heterocycles. The van der Waals surface area contributed by atoms with E-state index in [9.17, 15) is 8.42 Å². The van der Waals surface area contributed by atoms with Crippen LogP contribution in [0.25, 0.3) is 10.8 Å². The van der Waals surface area contributed by atoms with Gasteiger partial charge in [-0.1, -0.05) is 35.9 Å². The van der Waals surface area contributed by atoms with Gasteiger partial charge in [-0.15, -0.1) is 0 Å². The molecule has 0 amide bonds. The molecule has 0 atom stereocenters. The van der Waals surface area contributed by atoms with Crippen LogP contribution in [0.4, 0.5) is 0 Å². The zero-order valence-electron chi connectivity index (χ0n) is 12.9. The normalized spacial score (nSPS) is 11.7. The molecule has 0 unspecified atom stereocenters. The van der Waals surface area contributed by atoms with Crippen molar-refractivity contribution < 1.29 is 8.42 Å². The quantitative estimate of drug-likeness (QED) is 0.731. The van der Waals surface area contributed by atoms with Crippen LogP contribution in [0.15, 0.2) is 60.9 Å². The van der Waals surface area contributed by atoms with Gasteiger partial charge in [0.2, 0.25) is 10.0 Å². The fourth-order valence-corrected chi connectivity index (χ4v) is 3.57. The largest absolute Gasteiger partial charge is 0.264 e. The molecule has 4 nitrogen and oxygen atoms in total. The molecule has 0 aliphatic heterocycles. The molecule has 24 heavy (non-hydrogen) atoms. The van der Waals surface area contributed by atoms with Crippen LogP contribution in [-0.4, -0.2) is 19.2 Å². The van der Waals surface area contributed by atoms with Gasteiger partial charge in [0.15, 0.2) is 0 Å². The van der Waals surface area contributed by atoms with Gasteiger partial charge in [-0.3, -0.25) is 4.98 Å². The maximum atomic E-state index is 12.2. The molecule has 0 aliphatic carbocycles. The van der Waals surface area contributed by atoms with Crippen molar-refractivity contribution in [3.63, 3.8) is 0 Å². The maximum Gasteiger partial charge on any atom is 0.212 e. The van der Waals surface area contributed by atoms with Crippen LogP contribution in [-0.2, 0) is 23.0 Å². The van der Waals surface area contributed by atoms with Crippen LogP contribution < -0.4 is 4.72 Å². The van der Waals surface area contributed by atoms with Gasteiger partial charge in [0.05, 0.1) is 5.75 Å². The van der Waals surface area contributed by atoms with E-state index in [2.05, 4.69) is 9.71 Å². The van der Waals surface area contributed by atoms with Gasteiger partial charge >= 0.3 is 0 Å². The molecule has 0 saturated carbocycles. The molecule has 0 bridgehead atoms. The average Bonchev–Trinajstić information content (AvgIpc) is 2.59. The van der Waals surface area contributed by atoms with E-state index < -0.39 is 10.0 Å². The first kappa shape index (κ1) is 16.9. The summed E-state index contributed by atoms with van der Waals surface area (Å²) < 4.78 is 27.0. The number of benzene rings is 2. The summed E-state index contributed by atoms with van der Waals surface area (Å²) in [5.41, 5.74) is 1.87. The van der Waals surface area contributed by atoms with Gasteiger partial charge in [-0.25, -0.2) is 13.1 Å². The summed E-state index contributed by atoms with van der Waals surface area (Å²) in [6.07, 6.45) is 3.97. The molecule has 3 aromatic rings. The van der Waals surface area contributed by atoms with Crippen LogP contribution in [0.5, 0.6) is 0 Å². The Balaban J connectivity index is 1.60. The van der Waals surface area contributed by atoms with Gasteiger partial charge in [-0.2, -0.15) is 0 Å². The number of aryl methyl sites for hydroxylation is 1. The highest BCUT2D eigenvalue weighted by Gasteiger charge is 2.10. The Bertz CT molecular complexity index is 941. The predicted molar refractivity (Wildman–Crippen MR) is 97.5 cm³/mol. The van der Waals surface area contributed by atoms with Crippen molar-refractivity contribution in [1.29, 1.82) is 0 Å². The SMILES string of the molecule is O=S(=O)(CCc1ccc(Cl)cc1)NCc1ccc2cnccc2c1. The minimum Gasteiger partial charge on any atom is -0.264 e. The first-order chi connectivity index (χ1) is 11.5. The Kier molecular flexibility index (Phi) is 5.14. The number of pyridine rings is 1. The van der Waals surface area contributed by atoms with Crippen molar-refractivity contribution in [2.45, 2.75) is 13.0 Å². The number of hydrogen-bond acceptors (Lipinski definition) is 3. The molecule has 0 aliphatic rings. The summed E-state index contributed by atoms with van der Waals surface area (Å²) in [6.45, 7) is 0.279. The van der Waals surface area contributed by atoms with E-state index in [1.807, 2.05) is 36.4 Å². The van der Waals surface area contributed by atoms with Crippen molar-refractivity contribution in [2.75, 3.05) is 5.75 Å². The summed E-state index contributed by atoms with van der Waals surface area (Å²) in [5.74, 6) is 0.0478. The number of halogens is 1. The minimum absolute atomic E-state index is 0.0478. The summed E-state index contributed by atoms with van der Waals surface area (Å²) in [4.78, 5) is 4.07. The zero-order chi connectivity index (χ0) is 17.0. The predicted octanol–water partition coefficient (Wildman–Crippen LogP) is 3.55. The third-order valence-corrected chi connectivity index (χ3v) is 5.35. The molecule has 124 valence electrons. The first-order valence-electron chi connectivity index (χ1n) is 7.56. The number of aromatic nitrogens is 1. The van der Waals surface area contributed by atoms with E-state index in [0.717, 1.165) is 21.9 Å². The Morgan fingerprint density at radius 2 is 1.71 bits per heavy atom. The van der Waals surface area contributed by atoms with Crippen LogP contribution in [0.2, 0.25) is 5.02 Å².